The topological polar surface area (TPSA) is 67.4 Å². The van der Waals surface area contributed by atoms with E-state index in [-0.39, 0.29) is 11.0 Å². The summed E-state index contributed by atoms with van der Waals surface area (Å²) < 4.78 is 34.7. The summed E-state index contributed by atoms with van der Waals surface area (Å²) in [5.74, 6) is 0.651. The Balaban J connectivity index is 1.89. The molecule has 0 atom stereocenters. The van der Waals surface area contributed by atoms with Crippen LogP contribution >= 0.6 is 11.6 Å². The van der Waals surface area contributed by atoms with Gasteiger partial charge in [-0.15, -0.1) is 0 Å². The molecule has 7 heteroatoms. The quantitative estimate of drug-likeness (QED) is 0.765. The maximum absolute atomic E-state index is 13.1. The van der Waals surface area contributed by atoms with Gasteiger partial charge in [-0.05, 0) is 81.7 Å². The Hall–Kier alpha value is -1.60. The van der Waals surface area contributed by atoms with Crippen molar-refractivity contribution in [1.29, 1.82) is 0 Å². The van der Waals surface area contributed by atoms with Crippen molar-refractivity contribution in [3.63, 3.8) is 0 Å². The van der Waals surface area contributed by atoms with Gasteiger partial charge in [-0.2, -0.15) is 0 Å². The summed E-state index contributed by atoms with van der Waals surface area (Å²) in [5.41, 5.74) is 0.277. The predicted molar refractivity (Wildman–Crippen MR) is 108 cm³/mol. The molecule has 2 N–H and O–H groups in total. The van der Waals surface area contributed by atoms with Gasteiger partial charge in [0.2, 0.25) is 10.0 Å². The number of piperidine rings is 1. The van der Waals surface area contributed by atoms with E-state index in [1.807, 2.05) is 26.0 Å². The molecule has 2 aromatic carbocycles. The summed E-state index contributed by atoms with van der Waals surface area (Å²) in [6.07, 6.45) is 1.37. The first-order chi connectivity index (χ1) is 12.8. The average Bonchev–Trinajstić information content (AvgIpc) is 2.62. The predicted octanol–water partition coefficient (Wildman–Crippen LogP) is 3.68. The van der Waals surface area contributed by atoms with Crippen molar-refractivity contribution in [3.8, 4) is 5.75 Å². The van der Waals surface area contributed by atoms with Crippen molar-refractivity contribution in [2.75, 3.05) is 13.1 Å². The summed E-state index contributed by atoms with van der Waals surface area (Å²) in [4.78, 5) is 0.227. The fourth-order valence-corrected chi connectivity index (χ4v) is 4.93. The highest BCUT2D eigenvalue weighted by atomic mass is 35.5. The third-order valence-corrected chi connectivity index (χ3v) is 6.49. The van der Waals surface area contributed by atoms with Crippen LogP contribution in [0.15, 0.2) is 53.4 Å². The van der Waals surface area contributed by atoms with Crippen LogP contribution in [0.25, 0.3) is 0 Å². The molecule has 27 heavy (non-hydrogen) atoms. The Morgan fingerprint density at radius 1 is 1.04 bits per heavy atom. The molecule has 1 aliphatic heterocycles. The Morgan fingerprint density at radius 3 is 2.19 bits per heavy atom. The SMILES string of the molecule is CC(C)Oc1ccc(S(=O)(=O)NC2(c3ccc(Cl)cc3)CCNCC2)cc1. The molecular formula is C20H25ClN2O3S. The standard InChI is InChI=1S/C20H25ClN2O3S/c1-15(2)26-18-7-9-19(10-8-18)27(24,25)23-20(11-13-22-14-12-20)16-3-5-17(21)6-4-16/h3-10,15,22-23H,11-14H2,1-2H3. The summed E-state index contributed by atoms with van der Waals surface area (Å²) in [7, 11) is -3.69. The van der Waals surface area contributed by atoms with Crippen molar-refractivity contribution >= 4 is 21.6 Å². The van der Waals surface area contributed by atoms with Gasteiger partial charge in [0.05, 0.1) is 16.5 Å². The van der Waals surface area contributed by atoms with E-state index in [0.29, 0.717) is 23.6 Å². The normalized spacial score (nSPS) is 17.0. The van der Waals surface area contributed by atoms with Gasteiger partial charge in [0, 0.05) is 5.02 Å². The van der Waals surface area contributed by atoms with Crippen LogP contribution < -0.4 is 14.8 Å². The van der Waals surface area contributed by atoms with Crippen LogP contribution in [0.2, 0.25) is 5.02 Å². The summed E-state index contributed by atoms with van der Waals surface area (Å²) in [6, 6.07) is 13.9. The van der Waals surface area contributed by atoms with E-state index < -0.39 is 15.6 Å². The van der Waals surface area contributed by atoms with E-state index >= 15 is 0 Å². The monoisotopic (exact) mass is 408 g/mol. The fraction of sp³-hybridized carbons (Fsp3) is 0.400. The van der Waals surface area contributed by atoms with Crippen LogP contribution in [0.5, 0.6) is 5.75 Å². The molecule has 1 saturated heterocycles. The van der Waals surface area contributed by atoms with Gasteiger partial charge < -0.3 is 10.1 Å². The lowest BCUT2D eigenvalue weighted by atomic mass is 9.82. The first kappa shape index (κ1) is 20.1. The van der Waals surface area contributed by atoms with Crippen molar-refractivity contribution in [2.24, 2.45) is 0 Å². The molecule has 0 unspecified atom stereocenters. The zero-order valence-electron chi connectivity index (χ0n) is 15.5. The average molecular weight is 409 g/mol. The summed E-state index contributed by atoms with van der Waals surface area (Å²) in [6.45, 7) is 5.34. The largest absolute Gasteiger partial charge is 0.491 e. The summed E-state index contributed by atoms with van der Waals surface area (Å²) in [5, 5.41) is 3.93. The van der Waals surface area contributed by atoms with E-state index in [0.717, 1.165) is 18.7 Å². The molecule has 1 fully saturated rings. The Labute approximate surface area is 166 Å². The highest BCUT2D eigenvalue weighted by molar-refractivity contribution is 7.89. The van der Waals surface area contributed by atoms with Gasteiger partial charge in [0.25, 0.3) is 0 Å². The van der Waals surface area contributed by atoms with Gasteiger partial charge >= 0.3 is 0 Å². The lowest BCUT2D eigenvalue weighted by Gasteiger charge is -2.38. The first-order valence-corrected chi connectivity index (χ1v) is 10.9. The smallest absolute Gasteiger partial charge is 0.241 e. The van der Waals surface area contributed by atoms with Crippen LogP contribution in [0.1, 0.15) is 32.3 Å². The molecule has 0 aliphatic carbocycles. The highest BCUT2D eigenvalue weighted by Gasteiger charge is 2.38. The second-order valence-corrected chi connectivity index (χ2v) is 9.20. The number of halogens is 1. The Bertz CT molecular complexity index is 859. The Kier molecular flexibility index (Phi) is 6.11. The van der Waals surface area contributed by atoms with E-state index in [9.17, 15) is 8.42 Å². The van der Waals surface area contributed by atoms with Gasteiger partial charge in [0.1, 0.15) is 5.75 Å². The molecule has 0 saturated carbocycles. The van der Waals surface area contributed by atoms with Crippen LogP contribution in [0.4, 0.5) is 0 Å². The zero-order chi connectivity index (χ0) is 19.5. The van der Waals surface area contributed by atoms with Gasteiger partial charge in [-0.3, -0.25) is 0 Å². The number of hydrogen-bond acceptors (Lipinski definition) is 4. The van der Waals surface area contributed by atoms with Crippen molar-refractivity contribution in [3.05, 3.63) is 59.1 Å². The van der Waals surface area contributed by atoms with E-state index in [4.69, 9.17) is 16.3 Å². The number of ether oxygens (including phenoxy) is 1. The second kappa shape index (κ2) is 8.19. The minimum Gasteiger partial charge on any atom is -0.491 e. The molecule has 0 bridgehead atoms. The maximum atomic E-state index is 13.1. The Morgan fingerprint density at radius 2 is 1.63 bits per heavy atom. The van der Waals surface area contributed by atoms with Crippen LogP contribution in [0.3, 0.4) is 0 Å². The minimum atomic E-state index is -3.69. The van der Waals surface area contributed by atoms with E-state index in [1.165, 1.54) is 0 Å². The lowest BCUT2D eigenvalue weighted by molar-refractivity contribution is 0.242. The third-order valence-electron chi connectivity index (χ3n) is 4.69. The molecule has 0 aromatic heterocycles. The van der Waals surface area contributed by atoms with E-state index in [2.05, 4.69) is 10.0 Å². The highest BCUT2D eigenvalue weighted by Crippen LogP contribution is 2.33. The van der Waals surface area contributed by atoms with E-state index in [1.54, 1.807) is 36.4 Å². The first-order valence-electron chi connectivity index (χ1n) is 9.08. The van der Waals surface area contributed by atoms with Gasteiger partial charge in [0.15, 0.2) is 0 Å². The number of benzene rings is 2. The zero-order valence-corrected chi connectivity index (χ0v) is 17.1. The van der Waals surface area contributed by atoms with Gasteiger partial charge in [-0.1, -0.05) is 23.7 Å². The minimum absolute atomic E-state index is 0.0356. The molecular weight excluding hydrogens is 384 g/mol. The molecule has 0 radical (unpaired) electrons. The number of sulfonamides is 1. The van der Waals surface area contributed by atoms with Gasteiger partial charge in [-0.25, -0.2) is 13.1 Å². The van der Waals surface area contributed by atoms with Crippen molar-refractivity contribution < 1.29 is 13.2 Å². The number of nitrogens with one attached hydrogen (secondary N) is 2. The van der Waals surface area contributed by atoms with Crippen molar-refractivity contribution in [2.45, 2.75) is 43.2 Å². The summed E-state index contributed by atoms with van der Waals surface area (Å²) >= 11 is 6.01. The molecule has 0 spiro atoms. The fourth-order valence-electron chi connectivity index (χ4n) is 3.36. The molecule has 5 nitrogen and oxygen atoms in total. The van der Waals surface area contributed by atoms with Crippen LogP contribution in [-0.4, -0.2) is 27.6 Å². The molecule has 1 aliphatic rings. The molecule has 0 amide bonds. The molecule has 146 valence electrons. The van der Waals surface area contributed by atoms with Crippen LogP contribution in [0, 0.1) is 0 Å². The molecule has 3 rings (SSSR count). The van der Waals surface area contributed by atoms with Crippen LogP contribution in [-0.2, 0) is 15.6 Å². The molecule has 2 aromatic rings. The third kappa shape index (κ3) is 4.82. The number of rotatable bonds is 6. The second-order valence-electron chi connectivity index (χ2n) is 7.08. The number of hydrogen-bond donors (Lipinski definition) is 2. The lowest BCUT2D eigenvalue weighted by Crippen LogP contribution is -2.52. The maximum Gasteiger partial charge on any atom is 0.241 e. The van der Waals surface area contributed by atoms with Crippen molar-refractivity contribution in [1.82, 2.24) is 10.0 Å². The molecule has 1 heterocycles.